The Labute approximate surface area is 188 Å². The summed E-state index contributed by atoms with van der Waals surface area (Å²) in [5, 5.41) is 24.4. The molecule has 1 heterocycles. The number of hydrogen-bond acceptors (Lipinski definition) is 6. The Balaban J connectivity index is 1.86. The molecule has 0 saturated carbocycles. The van der Waals surface area contributed by atoms with Crippen molar-refractivity contribution < 1.29 is 14.6 Å². The van der Waals surface area contributed by atoms with Crippen LogP contribution in [0.15, 0.2) is 50.7 Å². The second kappa shape index (κ2) is 7.89. The quantitative estimate of drug-likeness (QED) is 0.177. The number of phenolic OH excluding ortho intramolecular Hbond substituents is 2. The maximum absolute atomic E-state index is 12.9. The van der Waals surface area contributed by atoms with E-state index in [0.717, 1.165) is 0 Å². The van der Waals surface area contributed by atoms with E-state index in [1.165, 1.54) is 12.3 Å². The van der Waals surface area contributed by atoms with Crippen LogP contribution in [0, 0.1) is 0 Å². The zero-order valence-corrected chi connectivity index (χ0v) is 17.7. The van der Waals surface area contributed by atoms with Crippen LogP contribution < -0.4 is 10.9 Å². The predicted molar refractivity (Wildman–Crippen MR) is 121 cm³/mol. The highest BCUT2D eigenvalue weighted by molar-refractivity contribution is 6.42. The minimum atomic E-state index is -0.609. The van der Waals surface area contributed by atoms with Gasteiger partial charge in [0.05, 0.1) is 22.3 Å². The molecule has 152 valence electrons. The third-order valence-corrected chi connectivity index (χ3v) is 5.58. The minimum absolute atomic E-state index is 0.158. The largest absolute Gasteiger partial charge is 0.505 e. The second-order valence-corrected chi connectivity index (χ2v) is 7.78. The molecule has 3 aromatic carbocycles. The number of hydrogen-bond donors (Lipinski definition) is 3. The van der Waals surface area contributed by atoms with Gasteiger partial charge in [-0.1, -0.05) is 52.5 Å². The summed E-state index contributed by atoms with van der Waals surface area (Å²) in [6.45, 7) is 0. The lowest BCUT2D eigenvalue weighted by molar-refractivity contribution is 0.453. The highest BCUT2D eigenvalue weighted by atomic mass is 35.5. The van der Waals surface area contributed by atoms with Crippen LogP contribution in [0.2, 0.25) is 20.1 Å². The van der Waals surface area contributed by atoms with Crippen molar-refractivity contribution in [3.05, 3.63) is 72.3 Å². The Hall–Kier alpha value is -2.64. The van der Waals surface area contributed by atoms with Gasteiger partial charge in [0.1, 0.15) is 21.0 Å². The van der Waals surface area contributed by atoms with E-state index in [1.807, 2.05) is 0 Å². The van der Waals surface area contributed by atoms with Crippen molar-refractivity contribution in [1.29, 1.82) is 0 Å². The van der Waals surface area contributed by atoms with Gasteiger partial charge < -0.3 is 14.6 Å². The summed E-state index contributed by atoms with van der Waals surface area (Å²) >= 11 is 23.9. The van der Waals surface area contributed by atoms with Gasteiger partial charge in [0.15, 0.2) is 17.1 Å². The van der Waals surface area contributed by atoms with Crippen molar-refractivity contribution in [2.45, 2.75) is 0 Å². The predicted octanol–water partition coefficient (Wildman–Crippen LogP) is 6.42. The molecule has 0 aliphatic heterocycles. The molecule has 0 atom stereocenters. The number of para-hydroxylation sites is 1. The molecule has 4 rings (SSSR count). The summed E-state index contributed by atoms with van der Waals surface area (Å²) in [5.41, 5.74) is 3.15. The van der Waals surface area contributed by atoms with E-state index in [9.17, 15) is 15.0 Å². The van der Waals surface area contributed by atoms with Crippen molar-refractivity contribution in [2.75, 3.05) is 5.43 Å². The second-order valence-electron chi connectivity index (χ2n) is 6.18. The molecule has 6 nitrogen and oxygen atoms in total. The number of phenols is 2. The van der Waals surface area contributed by atoms with Crippen LogP contribution in [0.1, 0.15) is 5.56 Å². The van der Waals surface area contributed by atoms with E-state index >= 15 is 0 Å². The summed E-state index contributed by atoms with van der Waals surface area (Å²) in [6.07, 6.45) is 1.42. The number of rotatable bonds is 3. The van der Waals surface area contributed by atoms with Gasteiger partial charge >= 0.3 is 0 Å². The smallest absolute Gasteiger partial charge is 0.204 e. The van der Waals surface area contributed by atoms with E-state index in [2.05, 4.69) is 10.5 Å². The van der Waals surface area contributed by atoms with Gasteiger partial charge in [-0.3, -0.25) is 10.2 Å². The van der Waals surface area contributed by atoms with Crippen LogP contribution in [-0.2, 0) is 0 Å². The van der Waals surface area contributed by atoms with E-state index < -0.39 is 22.0 Å². The Kier molecular flexibility index (Phi) is 5.42. The summed E-state index contributed by atoms with van der Waals surface area (Å²) in [7, 11) is 0. The van der Waals surface area contributed by atoms with Crippen molar-refractivity contribution in [3.8, 4) is 11.5 Å². The third kappa shape index (κ3) is 3.42. The highest BCUT2D eigenvalue weighted by Gasteiger charge is 2.22. The lowest BCUT2D eigenvalue weighted by Gasteiger charge is -2.09. The number of halogens is 4. The molecular weight excluding hydrogens is 474 g/mol. The molecule has 3 N–H and O–H groups in total. The van der Waals surface area contributed by atoms with Gasteiger partial charge in [0.2, 0.25) is 5.43 Å². The number of hydrazone groups is 1. The Morgan fingerprint density at radius 1 is 0.967 bits per heavy atom. The Bertz CT molecular complexity index is 1420. The molecular formula is C20H10Cl4N2O4. The molecule has 0 aliphatic rings. The van der Waals surface area contributed by atoms with Gasteiger partial charge in [0, 0.05) is 10.6 Å². The third-order valence-electron chi connectivity index (χ3n) is 4.33. The molecule has 0 bridgehead atoms. The Morgan fingerprint density at radius 3 is 2.47 bits per heavy atom. The summed E-state index contributed by atoms with van der Waals surface area (Å²) in [6, 6.07) is 9.69. The fourth-order valence-electron chi connectivity index (χ4n) is 2.89. The number of aromatic hydroxyl groups is 2. The first-order valence-corrected chi connectivity index (χ1v) is 9.83. The zero-order valence-electron chi connectivity index (χ0n) is 14.7. The van der Waals surface area contributed by atoms with Crippen LogP contribution in [0.4, 0.5) is 5.69 Å². The number of benzene rings is 3. The normalized spacial score (nSPS) is 11.6. The topological polar surface area (TPSA) is 95.1 Å². The van der Waals surface area contributed by atoms with Gasteiger partial charge in [-0.15, -0.1) is 0 Å². The van der Waals surface area contributed by atoms with Crippen molar-refractivity contribution in [3.63, 3.8) is 0 Å². The summed E-state index contributed by atoms with van der Waals surface area (Å²) in [5.74, 6) is -1.20. The standard InChI is InChI=1S/C20H10Cl4N2O4/c21-9-4-5-12(11(22)6-9)26-25-7-8-2-1-3-10-16(27)13-17(28)14(23)18(29)15(24)20(13)30-19(8)10/h1-7,26,28-29H/b25-7-. The lowest BCUT2D eigenvalue weighted by Crippen LogP contribution is -2.04. The number of fused-ring (bicyclic) bond motifs is 2. The maximum Gasteiger partial charge on any atom is 0.204 e. The molecule has 0 amide bonds. The number of anilines is 1. The van der Waals surface area contributed by atoms with Gasteiger partial charge in [-0.25, -0.2) is 0 Å². The van der Waals surface area contributed by atoms with E-state index in [4.69, 9.17) is 50.8 Å². The molecule has 0 saturated heterocycles. The SMILES string of the molecule is O=c1c2cccc(/C=N\Nc3ccc(Cl)cc3Cl)c2oc2c(Cl)c(O)c(Cl)c(O)c12. The average molecular weight is 484 g/mol. The highest BCUT2D eigenvalue weighted by Crippen LogP contribution is 2.45. The van der Waals surface area contributed by atoms with Gasteiger partial charge in [0.25, 0.3) is 0 Å². The van der Waals surface area contributed by atoms with Gasteiger partial charge in [-0.05, 0) is 30.3 Å². The first-order chi connectivity index (χ1) is 14.3. The lowest BCUT2D eigenvalue weighted by atomic mass is 10.1. The summed E-state index contributed by atoms with van der Waals surface area (Å²) < 4.78 is 5.77. The summed E-state index contributed by atoms with van der Waals surface area (Å²) in [4.78, 5) is 12.9. The molecule has 30 heavy (non-hydrogen) atoms. The van der Waals surface area contributed by atoms with E-state index in [-0.39, 0.29) is 27.0 Å². The van der Waals surface area contributed by atoms with Crippen LogP contribution >= 0.6 is 46.4 Å². The zero-order chi connectivity index (χ0) is 21.6. The number of nitrogens with zero attached hydrogens (tertiary/aromatic N) is 1. The Morgan fingerprint density at radius 2 is 1.73 bits per heavy atom. The molecule has 0 unspecified atom stereocenters. The first-order valence-electron chi connectivity index (χ1n) is 8.32. The maximum atomic E-state index is 12.9. The van der Waals surface area contributed by atoms with Gasteiger partial charge in [-0.2, -0.15) is 5.10 Å². The van der Waals surface area contributed by atoms with E-state index in [1.54, 1.807) is 30.3 Å². The first kappa shape index (κ1) is 20.6. The molecule has 10 heteroatoms. The fourth-order valence-corrected chi connectivity index (χ4v) is 3.80. The molecule has 0 spiro atoms. The minimum Gasteiger partial charge on any atom is -0.505 e. The van der Waals surface area contributed by atoms with Crippen molar-refractivity contribution in [1.82, 2.24) is 0 Å². The van der Waals surface area contributed by atoms with Crippen LogP contribution in [0.3, 0.4) is 0 Å². The van der Waals surface area contributed by atoms with E-state index in [0.29, 0.717) is 21.3 Å². The average Bonchev–Trinajstić information content (AvgIpc) is 2.72. The fraction of sp³-hybridized carbons (Fsp3) is 0. The van der Waals surface area contributed by atoms with Crippen LogP contribution in [0.25, 0.3) is 21.9 Å². The number of nitrogens with one attached hydrogen (secondary N) is 1. The molecule has 0 aliphatic carbocycles. The molecule has 1 aromatic heterocycles. The molecule has 4 aromatic rings. The van der Waals surface area contributed by atoms with Crippen LogP contribution in [0.5, 0.6) is 11.5 Å². The molecule has 0 fully saturated rings. The molecule has 0 radical (unpaired) electrons. The van der Waals surface area contributed by atoms with Crippen molar-refractivity contribution >= 4 is 80.2 Å². The van der Waals surface area contributed by atoms with Crippen LogP contribution in [-0.4, -0.2) is 16.4 Å². The monoisotopic (exact) mass is 482 g/mol. The van der Waals surface area contributed by atoms with Crippen molar-refractivity contribution in [2.24, 2.45) is 5.10 Å².